The minimum absolute atomic E-state index is 0.283. The van der Waals surface area contributed by atoms with Gasteiger partial charge in [0.2, 0.25) is 0 Å². The highest BCUT2D eigenvalue weighted by molar-refractivity contribution is 7.92. The van der Waals surface area contributed by atoms with Crippen LogP contribution >= 0.6 is 0 Å². The van der Waals surface area contributed by atoms with Gasteiger partial charge < -0.3 is 0 Å². The molecule has 0 radical (unpaired) electrons. The van der Waals surface area contributed by atoms with Crippen LogP contribution in [0, 0.1) is 13.8 Å². The average Bonchev–Trinajstić information content (AvgIpc) is 2.47. The van der Waals surface area contributed by atoms with Gasteiger partial charge in [-0.2, -0.15) is 0 Å². The topological polar surface area (TPSA) is 59.1 Å². The van der Waals surface area contributed by atoms with Crippen molar-refractivity contribution in [1.82, 2.24) is 4.98 Å². The molecule has 0 spiro atoms. The molecule has 5 heteroatoms. The smallest absolute Gasteiger partial charge is 0.262 e. The van der Waals surface area contributed by atoms with Gasteiger partial charge in [-0.3, -0.25) is 9.71 Å². The number of fused-ring (bicyclic) bond motifs is 1. The van der Waals surface area contributed by atoms with Crippen molar-refractivity contribution in [3.8, 4) is 0 Å². The van der Waals surface area contributed by atoms with Gasteiger partial charge in [0.15, 0.2) is 0 Å². The lowest BCUT2D eigenvalue weighted by molar-refractivity contribution is 0.600. The van der Waals surface area contributed by atoms with E-state index in [1.54, 1.807) is 31.3 Å². The number of para-hydroxylation sites is 1. The molecule has 0 saturated heterocycles. The second kappa shape index (κ2) is 5.42. The highest BCUT2D eigenvalue weighted by Gasteiger charge is 2.18. The summed E-state index contributed by atoms with van der Waals surface area (Å²) in [6.07, 6.45) is 1.65. The van der Waals surface area contributed by atoms with E-state index in [0.29, 0.717) is 11.2 Å². The zero-order chi connectivity index (χ0) is 15.7. The summed E-state index contributed by atoms with van der Waals surface area (Å²) in [6, 6.07) is 14.4. The van der Waals surface area contributed by atoms with E-state index < -0.39 is 10.0 Å². The summed E-state index contributed by atoms with van der Waals surface area (Å²) in [5.74, 6) is 0. The Labute approximate surface area is 129 Å². The van der Waals surface area contributed by atoms with E-state index in [1.807, 2.05) is 37.3 Å². The quantitative estimate of drug-likeness (QED) is 0.803. The molecule has 3 aromatic rings. The molecule has 0 atom stereocenters. The third kappa shape index (κ3) is 2.67. The minimum atomic E-state index is -3.64. The van der Waals surface area contributed by atoms with Crippen LogP contribution in [0.1, 0.15) is 11.1 Å². The fourth-order valence-corrected chi connectivity index (χ4v) is 3.78. The number of aromatic nitrogens is 1. The maximum atomic E-state index is 12.6. The van der Waals surface area contributed by atoms with Crippen LogP contribution in [-0.2, 0) is 10.0 Å². The minimum Gasteiger partial charge on any atom is -0.277 e. The maximum absolute atomic E-state index is 12.6. The normalized spacial score (nSPS) is 11.5. The van der Waals surface area contributed by atoms with Crippen molar-refractivity contribution in [2.24, 2.45) is 0 Å². The molecule has 0 saturated carbocycles. The summed E-state index contributed by atoms with van der Waals surface area (Å²) in [7, 11) is -3.64. The molecule has 1 heterocycles. The van der Waals surface area contributed by atoms with Crippen LogP contribution in [0.2, 0.25) is 0 Å². The van der Waals surface area contributed by atoms with Crippen LogP contribution in [0.4, 0.5) is 5.69 Å². The summed E-state index contributed by atoms with van der Waals surface area (Å²) < 4.78 is 27.9. The van der Waals surface area contributed by atoms with Crippen molar-refractivity contribution in [2.75, 3.05) is 4.72 Å². The highest BCUT2D eigenvalue weighted by atomic mass is 32.2. The zero-order valence-electron chi connectivity index (χ0n) is 12.4. The lowest BCUT2D eigenvalue weighted by Gasteiger charge is -2.12. The number of nitrogens with zero attached hydrogens (tertiary/aromatic N) is 1. The van der Waals surface area contributed by atoms with Crippen LogP contribution in [0.15, 0.2) is 59.6 Å². The summed E-state index contributed by atoms with van der Waals surface area (Å²) in [5.41, 5.74) is 2.88. The van der Waals surface area contributed by atoms with Crippen molar-refractivity contribution < 1.29 is 8.42 Å². The Morgan fingerprint density at radius 3 is 2.55 bits per heavy atom. The first kappa shape index (κ1) is 14.5. The van der Waals surface area contributed by atoms with E-state index in [2.05, 4.69) is 9.71 Å². The van der Waals surface area contributed by atoms with Gasteiger partial charge in [-0.25, -0.2) is 8.42 Å². The van der Waals surface area contributed by atoms with E-state index in [-0.39, 0.29) is 4.90 Å². The number of pyridine rings is 1. The van der Waals surface area contributed by atoms with Crippen molar-refractivity contribution >= 4 is 26.6 Å². The van der Waals surface area contributed by atoms with Gasteiger partial charge in [-0.05, 0) is 37.6 Å². The molecular formula is C17H16N2O2S. The molecule has 1 aromatic heterocycles. The van der Waals surface area contributed by atoms with Crippen molar-refractivity contribution in [2.45, 2.75) is 18.7 Å². The van der Waals surface area contributed by atoms with Crippen LogP contribution in [0.5, 0.6) is 0 Å². The molecule has 0 aliphatic heterocycles. The molecule has 0 amide bonds. The number of anilines is 1. The Bertz CT molecular complexity index is 945. The molecular weight excluding hydrogens is 296 g/mol. The van der Waals surface area contributed by atoms with Gasteiger partial charge in [-0.15, -0.1) is 0 Å². The molecule has 22 heavy (non-hydrogen) atoms. The fraction of sp³-hybridized carbons (Fsp3) is 0.118. The first-order chi connectivity index (χ1) is 10.5. The summed E-state index contributed by atoms with van der Waals surface area (Å²) >= 11 is 0. The second-order valence-corrected chi connectivity index (χ2v) is 6.91. The van der Waals surface area contributed by atoms with Gasteiger partial charge in [0, 0.05) is 11.6 Å². The first-order valence-corrected chi connectivity index (χ1v) is 8.39. The fourth-order valence-electron chi connectivity index (χ4n) is 2.49. The Kier molecular flexibility index (Phi) is 3.58. The van der Waals surface area contributed by atoms with Crippen molar-refractivity contribution in [3.63, 3.8) is 0 Å². The van der Waals surface area contributed by atoms with Gasteiger partial charge in [0.05, 0.1) is 16.1 Å². The molecule has 0 aliphatic carbocycles. The Hall–Kier alpha value is -2.40. The van der Waals surface area contributed by atoms with Crippen LogP contribution in [-0.4, -0.2) is 13.4 Å². The summed E-state index contributed by atoms with van der Waals surface area (Å²) in [5, 5.41) is 0.892. The average molecular weight is 312 g/mol. The SMILES string of the molecule is Cc1ccc(S(=O)(=O)Nc2cccc3cccnc23)c(C)c1. The van der Waals surface area contributed by atoms with Crippen LogP contribution in [0.3, 0.4) is 0 Å². The van der Waals surface area contributed by atoms with E-state index in [0.717, 1.165) is 16.5 Å². The predicted molar refractivity (Wildman–Crippen MR) is 88.5 cm³/mol. The first-order valence-electron chi connectivity index (χ1n) is 6.91. The third-order valence-electron chi connectivity index (χ3n) is 3.50. The highest BCUT2D eigenvalue weighted by Crippen LogP contribution is 2.25. The Morgan fingerprint density at radius 1 is 1.00 bits per heavy atom. The number of hydrogen-bond donors (Lipinski definition) is 1. The molecule has 0 bridgehead atoms. The molecule has 1 N–H and O–H groups in total. The number of aryl methyl sites for hydroxylation is 2. The molecule has 2 aromatic carbocycles. The summed E-state index contributed by atoms with van der Waals surface area (Å²) in [4.78, 5) is 4.55. The van der Waals surface area contributed by atoms with Gasteiger partial charge >= 0.3 is 0 Å². The monoisotopic (exact) mass is 312 g/mol. The maximum Gasteiger partial charge on any atom is 0.262 e. The standard InChI is InChI=1S/C17H16N2O2S/c1-12-8-9-16(13(2)11-12)22(20,21)19-15-7-3-5-14-6-4-10-18-17(14)15/h3-11,19H,1-2H3. The lowest BCUT2D eigenvalue weighted by Crippen LogP contribution is -2.14. The van der Waals surface area contributed by atoms with Crippen molar-refractivity contribution in [1.29, 1.82) is 0 Å². The molecule has 3 rings (SSSR count). The van der Waals surface area contributed by atoms with Crippen LogP contribution in [0.25, 0.3) is 10.9 Å². The molecule has 0 aliphatic rings. The zero-order valence-corrected chi connectivity index (χ0v) is 13.2. The van der Waals surface area contributed by atoms with Crippen LogP contribution < -0.4 is 4.72 Å². The number of rotatable bonds is 3. The number of hydrogen-bond acceptors (Lipinski definition) is 3. The van der Waals surface area contributed by atoms with E-state index in [9.17, 15) is 8.42 Å². The second-order valence-electron chi connectivity index (χ2n) is 5.26. The molecule has 4 nitrogen and oxygen atoms in total. The Morgan fingerprint density at radius 2 is 1.77 bits per heavy atom. The van der Waals surface area contributed by atoms with E-state index in [1.165, 1.54) is 0 Å². The van der Waals surface area contributed by atoms with E-state index in [4.69, 9.17) is 0 Å². The predicted octanol–water partition coefficient (Wildman–Crippen LogP) is 3.65. The molecule has 0 fully saturated rings. The Balaban J connectivity index is 2.07. The van der Waals surface area contributed by atoms with Gasteiger partial charge in [-0.1, -0.05) is 35.9 Å². The number of sulfonamides is 1. The summed E-state index contributed by atoms with van der Waals surface area (Å²) in [6.45, 7) is 3.73. The largest absolute Gasteiger partial charge is 0.277 e. The third-order valence-corrected chi connectivity index (χ3v) is 5.02. The molecule has 0 unspecified atom stereocenters. The number of nitrogens with one attached hydrogen (secondary N) is 1. The van der Waals surface area contributed by atoms with Crippen molar-refractivity contribution in [3.05, 3.63) is 65.9 Å². The van der Waals surface area contributed by atoms with Gasteiger partial charge in [0.1, 0.15) is 0 Å². The lowest BCUT2D eigenvalue weighted by atomic mass is 10.2. The van der Waals surface area contributed by atoms with Gasteiger partial charge in [0.25, 0.3) is 10.0 Å². The number of benzene rings is 2. The molecule has 112 valence electrons. The van der Waals surface area contributed by atoms with E-state index >= 15 is 0 Å².